The summed E-state index contributed by atoms with van der Waals surface area (Å²) in [6.07, 6.45) is 2.52. The molecule has 5 nitrogen and oxygen atoms in total. The zero-order valence-electron chi connectivity index (χ0n) is 17.8. The lowest BCUT2D eigenvalue weighted by molar-refractivity contribution is -0.151. The molecule has 2 atom stereocenters. The summed E-state index contributed by atoms with van der Waals surface area (Å²) in [6.45, 7) is 10.2. The van der Waals surface area contributed by atoms with Gasteiger partial charge in [0, 0.05) is 51.1 Å². The van der Waals surface area contributed by atoms with Crippen molar-refractivity contribution in [3.05, 3.63) is 47.0 Å². The van der Waals surface area contributed by atoms with Gasteiger partial charge in [-0.05, 0) is 30.7 Å². The van der Waals surface area contributed by atoms with Gasteiger partial charge in [0.15, 0.2) is 0 Å². The first-order valence-electron chi connectivity index (χ1n) is 10.9. The normalized spacial score (nSPS) is 27.4. The number of likely N-dealkylation sites (tertiary alicyclic amines) is 2. The van der Waals surface area contributed by atoms with Crippen molar-refractivity contribution in [1.29, 1.82) is 0 Å². The van der Waals surface area contributed by atoms with Crippen molar-refractivity contribution in [2.75, 3.05) is 26.2 Å². The van der Waals surface area contributed by atoms with Crippen LogP contribution in [-0.2, 0) is 20.9 Å². The Morgan fingerprint density at radius 2 is 1.72 bits per heavy atom. The number of benzene rings is 1. The van der Waals surface area contributed by atoms with E-state index in [4.69, 9.17) is 4.74 Å². The second kappa shape index (κ2) is 7.94. The maximum Gasteiger partial charge on any atom is 0.335 e. The zero-order valence-corrected chi connectivity index (χ0v) is 17.8. The first-order valence-corrected chi connectivity index (χ1v) is 10.9. The van der Waals surface area contributed by atoms with Gasteiger partial charge in [-0.1, -0.05) is 44.2 Å². The third-order valence-corrected chi connectivity index (χ3v) is 6.71. The van der Waals surface area contributed by atoms with Gasteiger partial charge in [-0.25, -0.2) is 4.79 Å². The zero-order chi connectivity index (χ0) is 20.6. The average molecular weight is 397 g/mol. The molecule has 3 heterocycles. The molecule has 0 bridgehead atoms. The Labute approximate surface area is 173 Å². The summed E-state index contributed by atoms with van der Waals surface area (Å²) in [4.78, 5) is 30.3. The van der Waals surface area contributed by atoms with Crippen molar-refractivity contribution < 1.29 is 14.3 Å². The Balaban J connectivity index is 1.50. The van der Waals surface area contributed by atoms with Gasteiger partial charge in [0.2, 0.25) is 0 Å². The largest absolute Gasteiger partial charge is 0.450 e. The molecule has 1 spiro atoms. The highest BCUT2D eigenvalue weighted by Crippen LogP contribution is 2.42. The van der Waals surface area contributed by atoms with Crippen LogP contribution in [0.25, 0.3) is 0 Å². The molecular formula is C24H32N2O3. The number of carbonyl (C=O) groups excluding carboxylic acids is 2. The Morgan fingerprint density at radius 1 is 1.10 bits per heavy atom. The highest BCUT2D eigenvalue weighted by atomic mass is 16.6. The fraction of sp³-hybridized carbons (Fsp3) is 0.583. The molecule has 1 amide bonds. The molecule has 0 N–H and O–H groups in total. The SMILES string of the molecule is CC1=C(C(=O)N2CC(C)CC(C)C2)C2(CCN(Cc3ccccc3)CC2)OC1=O. The summed E-state index contributed by atoms with van der Waals surface area (Å²) in [5, 5.41) is 0. The number of rotatable bonds is 3. The van der Waals surface area contributed by atoms with Crippen molar-refractivity contribution in [2.45, 2.75) is 52.2 Å². The third kappa shape index (κ3) is 3.97. The Morgan fingerprint density at radius 3 is 2.34 bits per heavy atom. The monoisotopic (exact) mass is 396 g/mol. The van der Waals surface area contributed by atoms with Gasteiger partial charge in [-0.3, -0.25) is 9.69 Å². The van der Waals surface area contributed by atoms with Crippen LogP contribution in [0.5, 0.6) is 0 Å². The molecule has 3 aliphatic rings. The van der Waals surface area contributed by atoms with Gasteiger partial charge in [-0.15, -0.1) is 0 Å². The standard InChI is InChI=1S/C24H32N2O3/c1-17-13-18(2)15-26(14-17)22(27)21-19(3)23(28)29-24(21)9-11-25(12-10-24)16-20-7-5-4-6-8-20/h4-8,17-18H,9-16H2,1-3H3. The van der Waals surface area contributed by atoms with E-state index >= 15 is 0 Å². The molecule has 2 saturated heterocycles. The lowest BCUT2D eigenvalue weighted by Crippen LogP contribution is -2.51. The van der Waals surface area contributed by atoms with Gasteiger partial charge in [0.05, 0.1) is 5.57 Å². The topological polar surface area (TPSA) is 49.9 Å². The summed E-state index contributed by atoms with van der Waals surface area (Å²) in [7, 11) is 0. The van der Waals surface area contributed by atoms with Crippen LogP contribution in [0.3, 0.4) is 0 Å². The number of hydrogen-bond acceptors (Lipinski definition) is 4. The van der Waals surface area contributed by atoms with Crippen molar-refractivity contribution in [2.24, 2.45) is 11.8 Å². The molecule has 1 aromatic rings. The Hall–Kier alpha value is -2.14. The van der Waals surface area contributed by atoms with E-state index in [0.29, 0.717) is 35.8 Å². The van der Waals surface area contributed by atoms with Crippen molar-refractivity contribution >= 4 is 11.9 Å². The molecule has 3 aliphatic heterocycles. The molecule has 0 aromatic heterocycles. The summed E-state index contributed by atoms with van der Waals surface area (Å²) >= 11 is 0. The molecule has 0 saturated carbocycles. The molecule has 29 heavy (non-hydrogen) atoms. The van der Waals surface area contributed by atoms with Crippen LogP contribution in [0.2, 0.25) is 0 Å². The predicted molar refractivity (Wildman–Crippen MR) is 112 cm³/mol. The molecule has 2 fully saturated rings. The fourth-order valence-corrected chi connectivity index (χ4v) is 5.36. The van der Waals surface area contributed by atoms with Crippen LogP contribution in [0.4, 0.5) is 0 Å². The highest BCUT2D eigenvalue weighted by Gasteiger charge is 2.51. The number of amides is 1. The highest BCUT2D eigenvalue weighted by molar-refractivity contribution is 6.07. The molecule has 4 rings (SSSR count). The minimum atomic E-state index is -0.741. The molecule has 2 unspecified atom stereocenters. The van der Waals surface area contributed by atoms with E-state index in [2.05, 4.69) is 43.0 Å². The number of ether oxygens (including phenoxy) is 1. The van der Waals surface area contributed by atoms with Gasteiger partial charge >= 0.3 is 5.97 Å². The first-order chi connectivity index (χ1) is 13.9. The number of piperidine rings is 2. The first kappa shape index (κ1) is 20.1. The Kier molecular flexibility index (Phi) is 5.52. The molecule has 0 aliphatic carbocycles. The van der Waals surface area contributed by atoms with Crippen LogP contribution in [-0.4, -0.2) is 53.5 Å². The summed E-state index contributed by atoms with van der Waals surface area (Å²) < 4.78 is 5.89. The molecular weight excluding hydrogens is 364 g/mol. The van der Waals surface area contributed by atoms with E-state index in [1.807, 2.05) is 11.0 Å². The van der Waals surface area contributed by atoms with Crippen molar-refractivity contribution in [3.63, 3.8) is 0 Å². The van der Waals surface area contributed by atoms with Crippen LogP contribution in [0.1, 0.15) is 45.6 Å². The van der Waals surface area contributed by atoms with E-state index < -0.39 is 5.60 Å². The summed E-state index contributed by atoms with van der Waals surface area (Å²) in [5.41, 5.74) is 1.68. The number of nitrogens with zero attached hydrogens (tertiary/aromatic N) is 2. The smallest absolute Gasteiger partial charge is 0.335 e. The van der Waals surface area contributed by atoms with Gasteiger partial charge in [0.1, 0.15) is 5.60 Å². The number of hydrogen-bond donors (Lipinski definition) is 0. The number of carbonyl (C=O) groups is 2. The molecule has 5 heteroatoms. The second-order valence-electron chi connectivity index (χ2n) is 9.30. The maximum absolute atomic E-state index is 13.5. The lowest BCUT2D eigenvalue weighted by atomic mass is 9.81. The van der Waals surface area contributed by atoms with E-state index in [1.54, 1.807) is 6.92 Å². The van der Waals surface area contributed by atoms with E-state index in [9.17, 15) is 9.59 Å². The van der Waals surface area contributed by atoms with E-state index in [1.165, 1.54) is 5.56 Å². The third-order valence-electron chi connectivity index (χ3n) is 6.71. The van der Waals surface area contributed by atoms with Gasteiger partial charge in [-0.2, -0.15) is 0 Å². The molecule has 0 radical (unpaired) electrons. The molecule has 1 aromatic carbocycles. The minimum absolute atomic E-state index is 0.0169. The van der Waals surface area contributed by atoms with Crippen LogP contribution < -0.4 is 0 Å². The quantitative estimate of drug-likeness (QED) is 0.735. The lowest BCUT2D eigenvalue weighted by Gasteiger charge is -2.42. The van der Waals surface area contributed by atoms with Crippen LogP contribution >= 0.6 is 0 Å². The average Bonchev–Trinajstić information content (AvgIpc) is 2.93. The van der Waals surface area contributed by atoms with Gasteiger partial charge in [0.25, 0.3) is 5.91 Å². The number of esters is 1. The van der Waals surface area contributed by atoms with Crippen molar-refractivity contribution in [1.82, 2.24) is 9.80 Å². The maximum atomic E-state index is 13.5. The van der Waals surface area contributed by atoms with Crippen LogP contribution in [0, 0.1) is 11.8 Å². The molecule has 156 valence electrons. The van der Waals surface area contributed by atoms with E-state index in [-0.39, 0.29) is 11.9 Å². The van der Waals surface area contributed by atoms with Crippen molar-refractivity contribution in [3.8, 4) is 0 Å². The Bertz CT molecular complexity index is 799. The summed E-state index contributed by atoms with van der Waals surface area (Å²) in [5.74, 6) is 0.682. The van der Waals surface area contributed by atoms with Gasteiger partial charge < -0.3 is 9.64 Å². The summed E-state index contributed by atoms with van der Waals surface area (Å²) in [6, 6.07) is 10.4. The minimum Gasteiger partial charge on any atom is -0.450 e. The van der Waals surface area contributed by atoms with E-state index in [0.717, 1.165) is 39.1 Å². The van der Waals surface area contributed by atoms with Crippen LogP contribution in [0.15, 0.2) is 41.5 Å². The fourth-order valence-electron chi connectivity index (χ4n) is 5.36. The second-order valence-corrected chi connectivity index (χ2v) is 9.30. The predicted octanol–water partition coefficient (Wildman–Crippen LogP) is 3.40.